The van der Waals surface area contributed by atoms with Crippen LogP contribution >= 0.6 is 0 Å². The lowest BCUT2D eigenvalue weighted by Crippen LogP contribution is -2.33. The molecule has 1 aliphatic rings. The molecule has 0 spiro atoms. The highest BCUT2D eigenvalue weighted by Gasteiger charge is 2.36. The third-order valence-electron chi connectivity index (χ3n) is 4.20. The van der Waals surface area contributed by atoms with E-state index in [1.54, 1.807) is 0 Å². The largest absolute Gasteiger partial charge is 0.491 e. The molecule has 0 saturated heterocycles. The van der Waals surface area contributed by atoms with Crippen LogP contribution in [0, 0.1) is 11.8 Å². The van der Waals surface area contributed by atoms with Crippen LogP contribution in [0.3, 0.4) is 0 Å². The van der Waals surface area contributed by atoms with Gasteiger partial charge in [-0.1, -0.05) is 12.1 Å². The Balaban J connectivity index is 1.82. The van der Waals surface area contributed by atoms with Crippen LogP contribution in [0.2, 0.25) is 0 Å². The second kappa shape index (κ2) is 8.15. The number of hydrogen-bond donors (Lipinski definition) is 3. The summed E-state index contributed by atoms with van der Waals surface area (Å²) in [4.78, 5) is 23.0. The smallest absolute Gasteiger partial charge is 0.306 e. The Labute approximate surface area is 141 Å². The predicted molar refractivity (Wildman–Crippen MR) is 88.8 cm³/mol. The molecule has 6 heteroatoms. The zero-order chi connectivity index (χ0) is 17.7. The number of carbonyl (C=O) groups excluding carboxylic acids is 1. The molecule has 1 aromatic rings. The fourth-order valence-electron chi connectivity index (χ4n) is 3.02. The summed E-state index contributed by atoms with van der Waals surface area (Å²) in [5.41, 5.74) is 0.848. The maximum atomic E-state index is 12.1. The SMILES string of the molecule is CC(C)Oc1cccc(CC(=O)NC[C@H]2C[C@@H](C(=O)O)C[C@H]2O)c1. The molecule has 1 saturated carbocycles. The lowest BCUT2D eigenvalue weighted by atomic mass is 10.0. The van der Waals surface area contributed by atoms with E-state index in [2.05, 4.69) is 5.32 Å². The van der Waals surface area contributed by atoms with Crippen molar-refractivity contribution in [2.24, 2.45) is 11.8 Å². The number of ether oxygens (including phenoxy) is 1. The number of rotatable bonds is 7. The molecular formula is C18H25NO5. The Bertz CT molecular complexity index is 587. The topological polar surface area (TPSA) is 95.9 Å². The monoisotopic (exact) mass is 335 g/mol. The number of carboxylic acids is 1. The molecule has 6 nitrogen and oxygen atoms in total. The minimum Gasteiger partial charge on any atom is -0.491 e. The van der Waals surface area contributed by atoms with Crippen LogP contribution in [0.5, 0.6) is 5.75 Å². The zero-order valence-corrected chi connectivity index (χ0v) is 14.1. The molecule has 3 N–H and O–H groups in total. The minimum atomic E-state index is -0.884. The first kappa shape index (κ1) is 18.3. The molecule has 1 amide bonds. The van der Waals surface area contributed by atoms with Gasteiger partial charge in [-0.2, -0.15) is 0 Å². The van der Waals surface area contributed by atoms with Crippen molar-refractivity contribution < 1.29 is 24.5 Å². The number of carboxylic acid groups (broad SMARTS) is 1. The zero-order valence-electron chi connectivity index (χ0n) is 14.1. The van der Waals surface area contributed by atoms with E-state index in [-0.39, 0.29) is 30.8 Å². The molecule has 0 unspecified atom stereocenters. The van der Waals surface area contributed by atoms with Crippen LogP contribution < -0.4 is 10.1 Å². The van der Waals surface area contributed by atoms with Gasteiger partial charge in [0.25, 0.3) is 0 Å². The predicted octanol–water partition coefficient (Wildman–Crippen LogP) is 1.60. The average molecular weight is 335 g/mol. The van der Waals surface area contributed by atoms with Gasteiger partial charge in [0.15, 0.2) is 0 Å². The van der Waals surface area contributed by atoms with E-state index in [4.69, 9.17) is 9.84 Å². The second-order valence-corrected chi connectivity index (χ2v) is 6.63. The standard InChI is InChI=1S/C18H25NO5/c1-11(2)24-15-5-3-4-12(6-15)7-17(21)19-10-14-8-13(18(22)23)9-16(14)20/h3-6,11,13-14,16,20H,7-10H2,1-2H3,(H,19,21)(H,22,23)/t13-,14-,16-/m1/s1. The molecule has 0 aliphatic heterocycles. The molecule has 1 fully saturated rings. The van der Waals surface area contributed by atoms with Crippen molar-refractivity contribution in [1.29, 1.82) is 0 Å². The summed E-state index contributed by atoms with van der Waals surface area (Å²) in [5.74, 6) is -1.03. The first-order valence-electron chi connectivity index (χ1n) is 8.28. The highest BCUT2D eigenvalue weighted by atomic mass is 16.5. The van der Waals surface area contributed by atoms with Crippen molar-refractivity contribution in [3.8, 4) is 5.75 Å². The molecular weight excluding hydrogens is 310 g/mol. The number of nitrogens with one attached hydrogen (secondary N) is 1. The van der Waals surface area contributed by atoms with E-state index < -0.39 is 18.0 Å². The maximum Gasteiger partial charge on any atom is 0.306 e. The van der Waals surface area contributed by atoms with Crippen LogP contribution in [-0.2, 0) is 16.0 Å². The van der Waals surface area contributed by atoms with Gasteiger partial charge in [0.05, 0.1) is 24.5 Å². The molecule has 1 aliphatic carbocycles. The molecule has 132 valence electrons. The number of aliphatic hydroxyl groups is 1. The third kappa shape index (κ3) is 5.23. The Hall–Kier alpha value is -2.08. The van der Waals surface area contributed by atoms with Crippen molar-refractivity contribution in [2.45, 2.75) is 45.3 Å². The molecule has 2 rings (SSSR count). The lowest BCUT2D eigenvalue weighted by molar-refractivity contribution is -0.141. The normalized spacial score (nSPS) is 23.2. The van der Waals surface area contributed by atoms with Crippen molar-refractivity contribution in [2.75, 3.05) is 6.54 Å². The Morgan fingerprint density at radius 2 is 2.08 bits per heavy atom. The number of aliphatic hydroxyl groups excluding tert-OH is 1. The van der Waals surface area contributed by atoms with Crippen LogP contribution in [0.4, 0.5) is 0 Å². The Kier molecular flexibility index (Phi) is 6.20. The molecule has 0 bridgehead atoms. The molecule has 0 aromatic heterocycles. The summed E-state index contributed by atoms with van der Waals surface area (Å²) in [6.07, 6.45) is 0.272. The fourth-order valence-corrected chi connectivity index (χ4v) is 3.02. The molecule has 0 radical (unpaired) electrons. The van der Waals surface area contributed by atoms with Crippen LogP contribution in [-0.4, -0.2) is 40.8 Å². The van der Waals surface area contributed by atoms with Gasteiger partial charge >= 0.3 is 5.97 Å². The van der Waals surface area contributed by atoms with Gasteiger partial charge in [-0.05, 0) is 44.4 Å². The van der Waals surface area contributed by atoms with Crippen LogP contribution in [0.25, 0.3) is 0 Å². The summed E-state index contributed by atoms with van der Waals surface area (Å²) < 4.78 is 5.61. The van der Waals surface area contributed by atoms with Gasteiger partial charge in [-0.25, -0.2) is 0 Å². The van der Waals surface area contributed by atoms with Crippen molar-refractivity contribution in [3.05, 3.63) is 29.8 Å². The summed E-state index contributed by atoms with van der Waals surface area (Å²) in [6.45, 7) is 4.18. The van der Waals surface area contributed by atoms with E-state index in [0.29, 0.717) is 13.0 Å². The fraction of sp³-hybridized carbons (Fsp3) is 0.556. The Morgan fingerprint density at radius 1 is 1.33 bits per heavy atom. The van der Waals surface area contributed by atoms with Gasteiger partial charge < -0.3 is 20.3 Å². The maximum absolute atomic E-state index is 12.1. The summed E-state index contributed by atoms with van der Waals surface area (Å²) in [7, 11) is 0. The van der Waals surface area contributed by atoms with Gasteiger partial charge in [0.2, 0.25) is 5.91 Å². The number of amides is 1. The number of aliphatic carboxylic acids is 1. The van der Waals surface area contributed by atoms with Crippen molar-refractivity contribution in [3.63, 3.8) is 0 Å². The summed E-state index contributed by atoms with van der Waals surface area (Å²) in [5, 5.41) is 21.7. The van der Waals surface area contributed by atoms with Gasteiger partial charge in [-0.15, -0.1) is 0 Å². The van der Waals surface area contributed by atoms with E-state index in [1.807, 2.05) is 38.1 Å². The van der Waals surface area contributed by atoms with E-state index >= 15 is 0 Å². The third-order valence-corrected chi connectivity index (χ3v) is 4.20. The van der Waals surface area contributed by atoms with E-state index in [0.717, 1.165) is 11.3 Å². The molecule has 1 aromatic carbocycles. The molecule has 0 heterocycles. The van der Waals surface area contributed by atoms with Crippen molar-refractivity contribution >= 4 is 11.9 Å². The number of benzene rings is 1. The van der Waals surface area contributed by atoms with Gasteiger partial charge in [0.1, 0.15) is 5.75 Å². The molecule has 3 atom stereocenters. The van der Waals surface area contributed by atoms with Gasteiger partial charge in [-0.3, -0.25) is 9.59 Å². The van der Waals surface area contributed by atoms with E-state index in [1.165, 1.54) is 0 Å². The molecule has 24 heavy (non-hydrogen) atoms. The first-order valence-corrected chi connectivity index (χ1v) is 8.28. The lowest BCUT2D eigenvalue weighted by Gasteiger charge is -2.15. The minimum absolute atomic E-state index is 0.0695. The van der Waals surface area contributed by atoms with Crippen LogP contribution in [0.15, 0.2) is 24.3 Å². The van der Waals surface area contributed by atoms with Crippen molar-refractivity contribution in [1.82, 2.24) is 5.32 Å². The summed E-state index contributed by atoms with van der Waals surface area (Å²) in [6, 6.07) is 7.39. The Morgan fingerprint density at radius 3 is 2.71 bits per heavy atom. The van der Waals surface area contributed by atoms with Gasteiger partial charge in [0, 0.05) is 12.5 Å². The number of carbonyl (C=O) groups is 2. The highest BCUT2D eigenvalue weighted by Crippen LogP contribution is 2.31. The highest BCUT2D eigenvalue weighted by molar-refractivity contribution is 5.78. The van der Waals surface area contributed by atoms with Crippen LogP contribution in [0.1, 0.15) is 32.3 Å². The number of hydrogen-bond acceptors (Lipinski definition) is 4. The average Bonchev–Trinajstić information content (AvgIpc) is 2.86. The second-order valence-electron chi connectivity index (χ2n) is 6.63. The van der Waals surface area contributed by atoms with E-state index in [9.17, 15) is 14.7 Å². The summed E-state index contributed by atoms with van der Waals surface area (Å²) >= 11 is 0. The quantitative estimate of drug-likeness (QED) is 0.703. The first-order chi connectivity index (χ1) is 11.3.